The predicted molar refractivity (Wildman–Crippen MR) is 122 cm³/mol. The lowest BCUT2D eigenvalue weighted by molar-refractivity contribution is 0.00637. The fourth-order valence-corrected chi connectivity index (χ4v) is 5.74. The van der Waals surface area contributed by atoms with Crippen LogP contribution in [0.25, 0.3) is 10.9 Å². The summed E-state index contributed by atoms with van der Waals surface area (Å²) < 4.78 is 51.2. The average Bonchev–Trinajstić information content (AvgIpc) is 3.04. The van der Waals surface area contributed by atoms with Gasteiger partial charge in [-0.1, -0.05) is 11.6 Å². The molecule has 10 nitrogen and oxygen atoms in total. The second-order valence-electron chi connectivity index (χ2n) is 9.89. The molecule has 2 bridgehead atoms. The number of pyridine rings is 1. The molecule has 3 atom stereocenters. The number of hydrogen-bond donors (Lipinski definition) is 0. The molecular weight excluding hydrogens is 489 g/mol. The zero-order valence-corrected chi connectivity index (χ0v) is 20.8. The van der Waals surface area contributed by atoms with E-state index in [1.54, 1.807) is 4.90 Å². The third-order valence-electron chi connectivity index (χ3n) is 6.33. The Kier molecular flexibility index (Phi) is 5.32. The molecule has 0 aromatic carbocycles. The van der Waals surface area contributed by atoms with Crippen LogP contribution in [0.2, 0.25) is 5.15 Å². The number of hydrogen-bond acceptors (Lipinski definition) is 9. The highest BCUT2D eigenvalue weighted by Crippen LogP contribution is 2.44. The van der Waals surface area contributed by atoms with E-state index in [9.17, 15) is 13.2 Å². The van der Waals surface area contributed by atoms with Crippen molar-refractivity contribution in [1.82, 2.24) is 19.9 Å². The van der Waals surface area contributed by atoms with Crippen LogP contribution in [0.3, 0.4) is 0 Å². The molecule has 5 rings (SSSR count). The second kappa shape index (κ2) is 7.77. The van der Waals surface area contributed by atoms with E-state index >= 15 is 4.39 Å². The highest BCUT2D eigenvalue weighted by Gasteiger charge is 2.51. The number of anilines is 1. The van der Waals surface area contributed by atoms with Gasteiger partial charge in [0.2, 0.25) is 20.9 Å². The first kappa shape index (κ1) is 23.3. The zero-order chi connectivity index (χ0) is 24.6. The lowest BCUT2D eigenvalue weighted by atomic mass is 9.99. The number of carbonyl (C=O) groups excluding carboxylic acids is 1. The Hall–Kier alpha value is -2.47. The Balaban J connectivity index is 1.67. The molecule has 34 heavy (non-hydrogen) atoms. The second-order valence-corrected chi connectivity index (χ2v) is 12.2. The molecule has 0 N–H and O–H groups in total. The van der Waals surface area contributed by atoms with E-state index in [1.165, 1.54) is 0 Å². The van der Waals surface area contributed by atoms with Crippen LogP contribution >= 0.6 is 11.6 Å². The van der Waals surface area contributed by atoms with Crippen molar-refractivity contribution in [2.45, 2.75) is 68.9 Å². The van der Waals surface area contributed by atoms with Crippen LogP contribution in [-0.2, 0) is 14.6 Å². The molecule has 184 valence electrons. The molecule has 2 saturated heterocycles. The molecule has 3 aliphatic rings. The summed E-state index contributed by atoms with van der Waals surface area (Å²) in [5, 5.41) is -0.800. The highest BCUT2D eigenvalue weighted by molar-refractivity contribution is 7.90. The SMILES string of the molecule is CC(C)(C)OC(=O)N1[C@@H]2CC[C@H]1[C@H]1CCOc3nc(Cl)c(F)c4nc(S(C)(=O)=O)nc(c34)N1C2. The Morgan fingerprint density at radius 2 is 1.91 bits per heavy atom. The summed E-state index contributed by atoms with van der Waals surface area (Å²) in [5.74, 6) is -0.671. The van der Waals surface area contributed by atoms with E-state index < -0.39 is 31.6 Å². The van der Waals surface area contributed by atoms with Gasteiger partial charge in [0.1, 0.15) is 22.3 Å². The first-order valence-electron chi connectivity index (χ1n) is 11.0. The van der Waals surface area contributed by atoms with Crippen molar-refractivity contribution in [2.75, 3.05) is 24.3 Å². The highest BCUT2D eigenvalue weighted by atomic mass is 35.5. The van der Waals surface area contributed by atoms with Gasteiger partial charge < -0.3 is 14.4 Å². The quantitative estimate of drug-likeness (QED) is 0.419. The van der Waals surface area contributed by atoms with Gasteiger partial charge in [-0.25, -0.2) is 27.6 Å². The summed E-state index contributed by atoms with van der Waals surface area (Å²) in [6.45, 7) is 6.07. The number of fused-ring (bicyclic) bond motifs is 5. The van der Waals surface area contributed by atoms with Crippen LogP contribution in [0.5, 0.6) is 5.88 Å². The van der Waals surface area contributed by atoms with E-state index in [1.807, 2.05) is 25.7 Å². The largest absolute Gasteiger partial charge is 0.477 e. The van der Waals surface area contributed by atoms with E-state index in [0.717, 1.165) is 19.1 Å². The topological polar surface area (TPSA) is 115 Å². The number of halogens is 2. The molecule has 2 aromatic rings. The van der Waals surface area contributed by atoms with Gasteiger partial charge in [-0.3, -0.25) is 4.90 Å². The summed E-state index contributed by atoms with van der Waals surface area (Å²) in [6.07, 6.45) is 2.59. The molecule has 3 aliphatic heterocycles. The van der Waals surface area contributed by atoms with Crippen molar-refractivity contribution in [3.8, 4) is 5.88 Å². The van der Waals surface area contributed by atoms with E-state index in [0.29, 0.717) is 13.0 Å². The molecule has 0 saturated carbocycles. The lowest BCUT2D eigenvalue weighted by Gasteiger charge is -2.48. The molecule has 0 radical (unpaired) electrons. The molecule has 1 amide bonds. The molecule has 2 fully saturated rings. The van der Waals surface area contributed by atoms with Crippen molar-refractivity contribution in [3.63, 3.8) is 0 Å². The summed E-state index contributed by atoms with van der Waals surface area (Å²) in [7, 11) is -3.86. The lowest BCUT2D eigenvalue weighted by Crippen LogP contribution is -2.62. The molecule has 0 aliphatic carbocycles. The van der Waals surface area contributed by atoms with Gasteiger partial charge in [0, 0.05) is 19.2 Å². The first-order chi connectivity index (χ1) is 15.8. The summed E-state index contributed by atoms with van der Waals surface area (Å²) >= 11 is 5.96. The van der Waals surface area contributed by atoms with Crippen molar-refractivity contribution in [1.29, 1.82) is 0 Å². The van der Waals surface area contributed by atoms with Crippen LogP contribution in [0.15, 0.2) is 5.16 Å². The fraction of sp³-hybridized carbons (Fsp3) is 0.619. The van der Waals surface area contributed by atoms with E-state index in [2.05, 4.69) is 15.0 Å². The number of piperazine rings is 1. The maximum absolute atomic E-state index is 15.0. The normalized spacial score (nSPS) is 24.4. The number of amides is 1. The fourth-order valence-electron chi connectivity index (χ4n) is 5.06. The number of aromatic nitrogens is 3. The molecule has 0 spiro atoms. The van der Waals surface area contributed by atoms with Crippen LogP contribution in [-0.4, -0.2) is 77.5 Å². The minimum atomic E-state index is -3.86. The Labute approximate surface area is 201 Å². The van der Waals surface area contributed by atoms with Gasteiger partial charge in [0.25, 0.3) is 0 Å². The van der Waals surface area contributed by atoms with Crippen LogP contribution in [0.4, 0.5) is 15.0 Å². The molecule has 0 unspecified atom stereocenters. The van der Waals surface area contributed by atoms with Crippen LogP contribution < -0.4 is 9.64 Å². The van der Waals surface area contributed by atoms with Crippen molar-refractivity contribution >= 4 is 44.3 Å². The Bertz CT molecular complexity index is 1300. The Morgan fingerprint density at radius 1 is 1.18 bits per heavy atom. The Morgan fingerprint density at radius 3 is 2.59 bits per heavy atom. The summed E-state index contributed by atoms with van der Waals surface area (Å²) in [5.41, 5.74) is -0.898. The minimum absolute atomic E-state index is 0.0526. The van der Waals surface area contributed by atoms with Crippen molar-refractivity contribution in [3.05, 3.63) is 11.0 Å². The van der Waals surface area contributed by atoms with Crippen LogP contribution in [0, 0.1) is 5.82 Å². The molecule has 13 heteroatoms. The van der Waals surface area contributed by atoms with Gasteiger partial charge in [-0.05, 0) is 33.6 Å². The molecule has 5 heterocycles. The third kappa shape index (κ3) is 3.80. The maximum Gasteiger partial charge on any atom is 0.410 e. The van der Waals surface area contributed by atoms with Crippen LogP contribution in [0.1, 0.15) is 40.0 Å². The van der Waals surface area contributed by atoms with Gasteiger partial charge >= 0.3 is 6.09 Å². The average molecular weight is 514 g/mol. The maximum atomic E-state index is 15.0. The van der Waals surface area contributed by atoms with Gasteiger partial charge in [0.05, 0.1) is 24.7 Å². The zero-order valence-electron chi connectivity index (χ0n) is 19.2. The molecule has 2 aromatic heterocycles. The van der Waals surface area contributed by atoms with Crippen molar-refractivity contribution < 1.29 is 27.1 Å². The number of nitrogens with zero attached hydrogens (tertiary/aromatic N) is 5. The van der Waals surface area contributed by atoms with Gasteiger partial charge in [-0.2, -0.15) is 4.98 Å². The van der Waals surface area contributed by atoms with E-state index in [-0.39, 0.29) is 53.4 Å². The number of sulfone groups is 1. The van der Waals surface area contributed by atoms with Gasteiger partial charge in [-0.15, -0.1) is 0 Å². The first-order valence-corrected chi connectivity index (χ1v) is 13.3. The summed E-state index contributed by atoms with van der Waals surface area (Å²) in [4.78, 5) is 29.1. The number of rotatable bonds is 1. The number of carbonyl (C=O) groups is 1. The third-order valence-corrected chi connectivity index (χ3v) is 7.43. The standard InChI is InChI=1S/C21H25ClFN5O5S/c1-21(2,3)33-20(29)28-10-5-6-12(28)11-7-8-32-18-13-15(14(23)16(22)25-18)24-19(34(4,30)31)26-17(13)27(11)9-10/h10-12H,5-9H2,1-4H3/t10-,11-,12+/m1/s1. The summed E-state index contributed by atoms with van der Waals surface area (Å²) in [6, 6.07) is -0.615. The number of ether oxygens (including phenoxy) is 2. The monoisotopic (exact) mass is 513 g/mol. The van der Waals surface area contributed by atoms with Gasteiger partial charge in [0.15, 0.2) is 11.0 Å². The predicted octanol–water partition coefficient (Wildman–Crippen LogP) is 2.96. The van der Waals surface area contributed by atoms with E-state index in [4.69, 9.17) is 21.1 Å². The molecular formula is C21H25ClFN5O5S. The van der Waals surface area contributed by atoms with Crippen molar-refractivity contribution in [2.24, 2.45) is 0 Å². The smallest absolute Gasteiger partial charge is 0.410 e. The minimum Gasteiger partial charge on any atom is -0.477 e.